The first-order valence-electron chi connectivity index (χ1n) is 9.87. The Bertz CT molecular complexity index is 921. The van der Waals surface area contributed by atoms with E-state index in [0.29, 0.717) is 5.56 Å². The van der Waals surface area contributed by atoms with Gasteiger partial charge in [0.2, 0.25) is 0 Å². The van der Waals surface area contributed by atoms with Crippen LogP contribution in [0.25, 0.3) is 0 Å². The number of amides is 2. The van der Waals surface area contributed by atoms with Crippen molar-refractivity contribution in [2.75, 3.05) is 24.5 Å². The summed E-state index contributed by atoms with van der Waals surface area (Å²) in [6.07, 6.45) is 8.56. The van der Waals surface area contributed by atoms with Crippen molar-refractivity contribution in [2.24, 2.45) is 5.73 Å². The Balaban J connectivity index is 1.62. The van der Waals surface area contributed by atoms with Crippen LogP contribution in [0.4, 0.5) is 11.5 Å². The summed E-state index contributed by atoms with van der Waals surface area (Å²) in [6.45, 7) is 4.31. The van der Waals surface area contributed by atoms with Crippen molar-refractivity contribution in [1.82, 2.24) is 14.9 Å². The first kappa shape index (κ1) is 18.4. The van der Waals surface area contributed by atoms with Gasteiger partial charge in [0.05, 0.1) is 17.4 Å². The first-order valence-corrected chi connectivity index (χ1v) is 9.87. The molecule has 2 amide bonds. The zero-order chi connectivity index (χ0) is 19.7. The van der Waals surface area contributed by atoms with Crippen LogP contribution in [0, 0.1) is 6.92 Å². The van der Waals surface area contributed by atoms with E-state index in [4.69, 9.17) is 5.73 Å². The zero-order valence-electron chi connectivity index (χ0n) is 16.1. The quantitative estimate of drug-likeness (QED) is 0.885. The molecule has 0 aliphatic carbocycles. The second-order valence-electron chi connectivity index (χ2n) is 7.54. The van der Waals surface area contributed by atoms with Crippen LogP contribution in [0.3, 0.4) is 0 Å². The third-order valence-electron chi connectivity index (χ3n) is 5.53. The van der Waals surface area contributed by atoms with E-state index in [2.05, 4.69) is 14.9 Å². The maximum Gasteiger partial charge on any atom is 0.267 e. The van der Waals surface area contributed by atoms with Gasteiger partial charge in [-0.15, -0.1) is 0 Å². The molecule has 1 saturated heterocycles. The van der Waals surface area contributed by atoms with E-state index >= 15 is 0 Å². The predicted octanol–water partition coefficient (Wildman–Crippen LogP) is 2.59. The normalized spacial score (nSPS) is 16.6. The van der Waals surface area contributed by atoms with E-state index in [0.717, 1.165) is 67.9 Å². The summed E-state index contributed by atoms with van der Waals surface area (Å²) in [6, 6.07) is 3.90. The second-order valence-corrected chi connectivity index (χ2v) is 7.54. The van der Waals surface area contributed by atoms with Gasteiger partial charge < -0.3 is 15.5 Å². The highest BCUT2D eigenvalue weighted by Gasteiger charge is 2.24. The van der Waals surface area contributed by atoms with Crippen LogP contribution in [-0.2, 0) is 6.42 Å². The Morgan fingerprint density at radius 1 is 1.00 bits per heavy atom. The number of fused-ring (bicyclic) bond motifs is 1. The number of hydrogen-bond donors (Lipinski definition) is 1. The molecule has 0 saturated carbocycles. The lowest BCUT2D eigenvalue weighted by Crippen LogP contribution is -2.36. The molecule has 28 heavy (non-hydrogen) atoms. The summed E-state index contributed by atoms with van der Waals surface area (Å²) in [5, 5.41) is 0. The number of aromatic nitrogens is 2. The predicted molar refractivity (Wildman–Crippen MR) is 107 cm³/mol. The molecular formula is C21H25N5O2. The molecule has 2 aromatic heterocycles. The van der Waals surface area contributed by atoms with Crippen molar-refractivity contribution in [3.8, 4) is 0 Å². The van der Waals surface area contributed by atoms with E-state index < -0.39 is 5.91 Å². The standard InChI is InChI=1S/C21H25N5O2/c1-14-10-17(13-23-18(14)19(22)27)26-9-5-6-15-11-16(12-24-20(15)26)21(28)25-7-3-2-4-8-25/h10-13H,2-9H2,1H3,(H2,22,27). The Morgan fingerprint density at radius 2 is 1.79 bits per heavy atom. The smallest absolute Gasteiger partial charge is 0.267 e. The number of nitrogens with two attached hydrogens (primary N) is 1. The minimum absolute atomic E-state index is 0.0791. The molecule has 2 aliphatic rings. The van der Waals surface area contributed by atoms with Crippen molar-refractivity contribution in [2.45, 2.75) is 39.0 Å². The minimum atomic E-state index is -0.526. The van der Waals surface area contributed by atoms with Crippen LogP contribution in [0.2, 0.25) is 0 Å². The molecule has 7 nitrogen and oxygen atoms in total. The van der Waals surface area contributed by atoms with E-state index in [9.17, 15) is 9.59 Å². The minimum Gasteiger partial charge on any atom is -0.364 e. The number of hydrogen-bond acceptors (Lipinski definition) is 5. The highest BCUT2D eigenvalue weighted by molar-refractivity contribution is 5.95. The number of aryl methyl sites for hydroxylation is 2. The maximum atomic E-state index is 12.8. The molecule has 0 atom stereocenters. The summed E-state index contributed by atoms with van der Waals surface area (Å²) in [5.74, 6) is 0.409. The summed E-state index contributed by atoms with van der Waals surface area (Å²) in [5.41, 5.74) is 9.02. The third kappa shape index (κ3) is 3.44. The van der Waals surface area contributed by atoms with Crippen LogP contribution in [0.15, 0.2) is 24.5 Å². The first-order chi connectivity index (χ1) is 13.5. The van der Waals surface area contributed by atoms with Crippen LogP contribution in [0.1, 0.15) is 57.7 Å². The zero-order valence-corrected chi connectivity index (χ0v) is 16.1. The summed E-state index contributed by atoms with van der Waals surface area (Å²) < 4.78 is 0. The van der Waals surface area contributed by atoms with E-state index in [-0.39, 0.29) is 11.6 Å². The highest BCUT2D eigenvalue weighted by Crippen LogP contribution is 2.32. The highest BCUT2D eigenvalue weighted by atomic mass is 16.2. The van der Waals surface area contributed by atoms with Gasteiger partial charge in [0, 0.05) is 25.8 Å². The lowest BCUT2D eigenvalue weighted by molar-refractivity contribution is 0.0723. The molecule has 0 aromatic carbocycles. The number of carbonyl (C=O) groups is 2. The number of primary amides is 1. The summed E-state index contributed by atoms with van der Waals surface area (Å²) in [7, 11) is 0. The van der Waals surface area contributed by atoms with E-state index in [1.165, 1.54) is 6.42 Å². The van der Waals surface area contributed by atoms with Gasteiger partial charge in [-0.05, 0) is 62.3 Å². The number of likely N-dealkylation sites (tertiary alicyclic amines) is 1. The Morgan fingerprint density at radius 3 is 2.50 bits per heavy atom. The molecule has 0 spiro atoms. The lowest BCUT2D eigenvalue weighted by atomic mass is 10.0. The van der Waals surface area contributed by atoms with Gasteiger partial charge in [0.15, 0.2) is 0 Å². The third-order valence-corrected chi connectivity index (χ3v) is 5.53. The topological polar surface area (TPSA) is 92.4 Å². The monoisotopic (exact) mass is 379 g/mol. The molecule has 2 N–H and O–H groups in total. The van der Waals surface area contributed by atoms with Crippen LogP contribution < -0.4 is 10.6 Å². The van der Waals surface area contributed by atoms with Gasteiger partial charge in [-0.2, -0.15) is 0 Å². The van der Waals surface area contributed by atoms with Gasteiger partial charge in [-0.3, -0.25) is 9.59 Å². The molecule has 2 aromatic rings. The van der Waals surface area contributed by atoms with Gasteiger partial charge in [0.1, 0.15) is 11.5 Å². The molecule has 7 heteroatoms. The molecule has 4 heterocycles. The van der Waals surface area contributed by atoms with Crippen LogP contribution >= 0.6 is 0 Å². The van der Waals surface area contributed by atoms with Gasteiger partial charge in [0.25, 0.3) is 11.8 Å². The molecule has 146 valence electrons. The van der Waals surface area contributed by atoms with Gasteiger partial charge in [-0.1, -0.05) is 0 Å². The van der Waals surface area contributed by atoms with Crippen molar-refractivity contribution < 1.29 is 9.59 Å². The molecular weight excluding hydrogens is 354 g/mol. The van der Waals surface area contributed by atoms with Gasteiger partial charge >= 0.3 is 0 Å². The average molecular weight is 379 g/mol. The van der Waals surface area contributed by atoms with Crippen LogP contribution in [-0.4, -0.2) is 46.3 Å². The Hall–Kier alpha value is -2.96. The van der Waals surface area contributed by atoms with Crippen LogP contribution in [0.5, 0.6) is 0 Å². The number of pyridine rings is 2. The van der Waals surface area contributed by atoms with Crippen molar-refractivity contribution in [3.63, 3.8) is 0 Å². The van der Waals surface area contributed by atoms with Crippen molar-refractivity contribution >= 4 is 23.3 Å². The van der Waals surface area contributed by atoms with E-state index in [1.807, 2.05) is 24.0 Å². The molecule has 4 rings (SSSR count). The fourth-order valence-corrected chi connectivity index (χ4v) is 4.08. The number of nitrogens with zero attached hydrogens (tertiary/aromatic N) is 4. The lowest BCUT2D eigenvalue weighted by Gasteiger charge is -2.31. The average Bonchev–Trinajstić information content (AvgIpc) is 2.72. The van der Waals surface area contributed by atoms with Crippen molar-refractivity contribution in [1.29, 1.82) is 0 Å². The maximum absolute atomic E-state index is 12.8. The Labute approximate surface area is 164 Å². The number of piperidine rings is 1. The second kappa shape index (κ2) is 7.58. The molecule has 2 aliphatic heterocycles. The fourth-order valence-electron chi connectivity index (χ4n) is 4.08. The molecule has 0 unspecified atom stereocenters. The van der Waals surface area contributed by atoms with Gasteiger partial charge in [-0.25, -0.2) is 9.97 Å². The SMILES string of the molecule is Cc1cc(N2CCCc3cc(C(=O)N4CCCCC4)cnc32)cnc1C(N)=O. The largest absolute Gasteiger partial charge is 0.364 e. The fraction of sp³-hybridized carbons (Fsp3) is 0.429. The molecule has 0 bridgehead atoms. The van der Waals surface area contributed by atoms with E-state index in [1.54, 1.807) is 12.4 Å². The number of anilines is 2. The van der Waals surface area contributed by atoms with Crippen molar-refractivity contribution in [3.05, 3.63) is 46.9 Å². The molecule has 1 fully saturated rings. The number of carbonyl (C=O) groups excluding carboxylic acids is 2. The Kier molecular flexibility index (Phi) is 4.98. The molecule has 0 radical (unpaired) electrons. The number of rotatable bonds is 3. The summed E-state index contributed by atoms with van der Waals surface area (Å²) in [4.78, 5) is 37.1. The summed E-state index contributed by atoms with van der Waals surface area (Å²) >= 11 is 0.